The summed E-state index contributed by atoms with van der Waals surface area (Å²) in [6, 6.07) is 19.7. The van der Waals surface area contributed by atoms with Crippen LogP contribution in [0.3, 0.4) is 0 Å². The number of amides is 1. The third kappa shape index (κ3) is 5.28. The Labute approximate surface area is 181 Å². The number of carbonyl (C=O) groups is 1. The monoisotopic (exact) mass is 414 g/mol. The smallest absolute Gasteiger partial charge is 0.252 e. The normalized spacial score (nSPS) is 10.9. The van der Waals surface area contributed by atoms with Crippen LogP contribution in [0.2, 0.25) is 0 Å². The van der Waals surface area contributed by atoms with Gasteiger partial charge in [-0.15, -0.1) is 0 Å². The van der Waals surface area contributed by atoms with Crippen molar-refractivity contribution in [3.05, 3.63) is 90.0 Å². The molecule has 0 aliphatic rings. The van der Waals surface area contributed by atoms with Crippen LogP contribution in [0.15, 0.2) is 73.1 Å². The first-order chi connectivity index (χ1) is 15.2. The number of carbonyl (C=O) groups excluding carboxylic acids is 1. The quantitative estimate of drug-likeness (QED) is 0.417. The summed E-state index contributed by atoms with van der Waals surface area (Å²) < 4.78 is 8.13. The van der Waals surface area contributed by atoms with Crippen LogP contribution in [0.5, 0.6) is 5.75 Å². The fraction of sp³-hybridized carbons (Fsp3) is 0.240. The van der Waals surface area contributed by atoms with E-state index < -0.39 is 0 Å². The molecular formula is C25H26N4O2. The molecule has 2 heterocycles. The maximum atomic E-state index is 12.3. The number of aryl methyl sites for hydroxylation is 2. The first kappa shape index (κ1) is 20.6. The van der Waals surface area contributed by atoms with Gasteiger partial charge in [-0.3, -0.25) is 9.78 Å². The molecule has 0 spiro atoms. The molecule has 4 rings (SSSR count). The Balaban J connectivity index is 1.38. The van der Waals surface area contributed by atoms with Crippen molar-refractivity contribution in [1.29, 1.82) is 0 Å². The van der Waals surface area contributed by atoms with Gasteiger partial charge < -0.3 is 14.6 Å². The Morgan fingerprint density at radius 3 is 2.84 bits per heavy atom. The highest BCUT2D eigenvalue weighted by Gasteiger charge is 2.11. The number of para-hydroxylation sites is 2. The number of fused-ring (bicyclic) bond motifs is 1. The summed E-state index contributed by atoms with van der Waals surface area (Å²) in [5, 5.41) is 2.96. The number of rotatable bonds is 9. The molecule has 6 heteroatoms. The van der Waals surface area contributed by atoms with E-state index in [0.717, 1.165) is 35.6 Å². The van der Waals surface area contributed by atoms with Crippen molar-refractivity contribution in [3.8, 4) is 5.75 Å². The summed E-state index contributed by atoms with van der Waals surface area (Å²) in [5.41, 5.74) is 3.82. The van der Waals surface area contributed by atoms with Crippen molar-refractivity contribution >= 4 is 16.9 Å². The summed E-state index contributed by atoms with van der Waals surface area (Å²) in [7, 11) is 0. The molecule has 1 N–H and O–H groups in total. The largest absolute Gasteiger partial charge is 0.494 e. The van der Waals surface area contributed by atoms with Gasteiger partial charge in [0.15, 0.2) is 0 Å². The van der Waals surface area contributed by atoms with Gasteiger partial charge in [0.25, 0.3) is 5.91 Å². The Morgan fingerprint density at radius 1 is 1.10 bits per heavy atom. The zero-order chi connectivity index (χ0) is 21.5. The highest BCUT2D eigenvalue weighted by atomic mass is 16.5. The second kappa shape index (κ2) is 9.89. The predicted molar refractivity (Wildman–Crippen MR) is 121 cm³/mol. The number of hydrogen-bond donors (Lipinski definition) is 1. The number of imidazole rings is 1. The topological polar surface area (TPSA) is 69.0 Å². The highest BCUT2D eigenvalue weighted by Crippen LogP contribution is 2.18. The summed E-state index contributed by atoms with van der Waals surface area (Å²) in [5.74, 6) is 1.74. The molecule has 0 unspecified atom stereocenters. The summed E-state index contributed by atoms with van der Waals surface area (Å²) in [4.78, 5) is 21.1. The van der Waals surface area contributed by atoms with E-state index in [0.29, 0.717) is 25.1 Å². The first-order valence-electron chi connectivity index (χ1n) is 10.5. The number of nitrogens with one attached hydrogen (secondary N) is 1. The second-order valence-corrected chi connectivity index (χ2v) is 7.43. The summed E-state index contributed by atoms with van der Waals surface area (Å²) in [6.45, 7) is 4.01. The Bertz CT molecular complexity index is 1150. The number of aromatic nitrogens is 3. The minimum absolute atomic E-state index is 0.123. The molecule has 158 valence electrons. The molecule has 1 amide bonds. The third-order valence-electron chi connectivity index (χ3n) is 5.08. The number of ether oxygens (including phenoxy) is 1. The van der Waals surface area contributed by atoms with Crippen LogP contribution in [0.25, 0.3) is 11.0 Å². The molecule has 0 bridgehead atoms. The van der Waals surface area contributed by atoms with E-state index in [9.17, 15) is 4.79 Å². The standard InChI is InChI=1S/C25H26N4O2/c1-19-7-4-9-21(17-19)31-16-6-15-29-23-11-3-2-10-22(23)28-24(29)12-14-27-25(30)20-8-5-13-26-18-20/h2-5,7-11,13,17-18H,6,12,14-16H2,1H3,(H,27,30). The molecule has 0 saturated heterocycles. The maximum absolute atomic E-state index is 12.3. The fourth-order valence-corrected chi connectivity index (χ4v) is 3.57. The van der Waals surface area contributed by atoms with Crippen molar-refractivity contribution in [2.24, 2.45) is 0 Å². The SMILES string of the molecule is Cc1cccc(OCCCn2c(CCNC(=O)c3cccnc3)nc3ccccc32)c1. The van der Waals surface area contributed by atoms with E-state index in [2.05, 4.69) is 33.9 Å². The Hall–Kier alpha value is -3.67. The van der Waals surface area contributed by atoms with Gasteiger partial charge in [-0.05, 0) is 55.3 Å². The highest BCUT2D eigenvalue weighted by molar-refractivity contribution is 5.93. The maximum Gasteiger partial charge on any atom is 0.252 e. The number of nitrogens with zero attached hydrogens (tertiary/aromatic N) is 3. The Morgan fingerprint density at radius 2 is 2.00 bits per heavy atom. The predicted octanol–water partition coefficient (Wildman–Crippen LogP) is 4.18. The van der Waals surface area contributed by atoms with Gasteiger partial charge in [0.2, 0.25) is 0 Å². The van der Waals surface area contributed by atoms with Gasteiger partial charge >= 0.3 is 0 Å². The van der Waals surface area contributed by atoms with Gasteiger partial charge in [-0.2, -0.15) is 0 Å². The summed E-state index contributed by atoms with van der Waals surface area (Å²) >= 11 is 0. The first-order valence-corrected chi connectivity index (χ1v) is 10.5. The van der Waals surface area contributed by atoms with Crippen molar-refractivity contribution in [1.82, 2.24) is 19.9 Å². The minimum atomic E-state index is -0.123. The molecule has 0 aliphatic heterocycles. The van der Waals surface area contributed by atoms with Gasteiger partial charge in [-0.25, -0.2) is 4.98 Å². The van der Waals surface area contributed by atoms with Gasteiger partial charge in [0.05, 0.1) is 23.2 Å². The lowest BCUT2D eigenvalue weighted by Crippen LogP contribution is -2.26. The van der Waals surface area contributed by atoms with E-state index in [1.54, 1.807) is 24.5 Å². The second-order valence-electron chi connectivity index (χ2n) is 7.43. The number of hydrogen-bond acceptors (Lipinski definition) is 4. The van der Waals surface area contributed by atoms with Gasteiger partial charge in [0, 0.05) is 31.9 Å². The molecule has 2 aromatic heterocycles. The molecule has 0 radical (unpaired) electrons. The Kier molecular flexibility index (Phi) is 6.57. The lowest BCUT2D eigenvalue weighted by molar-refractivity contribution is 0.0953. The number of benzene rings is 2. The van der Waals surface area contributed by atoms with E-state index in [1.807, 2.05) is 36.4 Å². The minimum Gasteiger partial charge on any atom is -0.494 e. The molecule has 2 aromatic carbocycles. The average molecular weight is 415 g/mol. The van der Waals surface area contributed by atoms with Crippen LogP contribution < -0.4 is 10.1 Å². The molecule has 0 aliphatic carbocycles. The third-order valence-corrected chi connectivity index (χ3v) is 5.08. The van der Waals surface area contributed by atoms with E-state index in [-0.39, 0.29) is 5.91 Å². The molecule has 6 nitrogen and oxygen atoms in total. The molecule has 0 atom stereocenters. The van der Waals surface area contributed by atoms with E-state index >= 15 is 0 Å². The van der Waals surface area contributed by atoms with Crippen LogP contribution >= 0.6 is 0 Å². The summed E-state index contributed by atoms with van der Waals surface area (Å²) in [6.07, 6.45) is 4.74. The molecule has 4 aromatic rings. The van der Waals surface area contributed by atoms with Crippen LogP contribution in [-0.4, -0.2) is 33.6 Å². The lowest BCUT2D eigenvalue weighted by atomic mass is 10.2. The van der Waals surface area contributed by atoms with Gasteiger partial charge in [0.1, 0.15) is 11.6 Å². The van der Waals surface area contributed by atoms with Crippen molar-refractivity contribution in [3.63, 3.8) is 0 Å². The van der Waals surface area contributed by atoms with Gasteiger partial charge in [-0.1, -0.05) is 24.3 Å². The lowest BCUT2D eigenvalue weighted by Gasteiger charge is -2.11. The zero-order valence-corrected chi connectivity index (χ0v) is 17.6. The van der Waals surface area contributed by atoms with Crippen molar-refractivity contribution in [2.45, 2.75) is 26.3 Å². The molecular weight excluding hydrogens is 388 g/mol. The zero-order valence-electron chi connectivity index (χ0n) is 17.6. The molecule has 31 heavy (non-hydrogen) atoms. The van der Waals surface area contributed by atoms with Crippen LogP contribution in [0, 0.1) is 6.92 Å². The molecule has 0 saturated carbocycles. The van der Waals surface area contributed by atoms with Crippen LogP contribution in [0.1, 0.15) is 28.2 Å². The van der Waals surface area contributed by atoms with E-state index in [1.165, 1.54) is 5.56 Å². The van der Waals surface area contributed by atoms with Crippen molar-refractivity contribution in [2.75, 3.05) is 13.2 Å². The van der Waals surface area contributed by atoms with Crippen molar-refractivity contribution < 1.29 is 9.53 Å². The number of pyridine rings is 1. The van der Waals surface area contributed by atoms with E-state index in [4.69, 9.17) is 9.72 Å². The van der Waals surface area contributed by atoms with Crippen LogP contribution in [-0.2, 0) is 13.0 Å². The fourth-order valence-electron chi connectivity index (χ4n) is 3.57. The molecule has 0 fully saturated rings. The van der Waals surface area contributed by atoms with Crippen LogP contribution in [0.4, 0.5) is 0 Å². The average Bonchev–Trinajstić information content (AvgIpc) is 3.14.